The second kappa shape index (κ2) is 6.61. The number of rotatable bonds is 4. The van der Waals surface area contributed by atoms with Crippen LogP contribution >= 0.6 is 23.2 Å². The van der Waals surface area contributed by atoms with Crippen molar-refractivity contribution < 1.29 is 0 Å². The second-order valence-corrected chi connectivity index (χ2v) is 5.23. The summed E-state index contributed by atoms with van der Waals surface area (Å²) < 4.78 is 0. The van der Waals surface area contributed by atoms with Crippen molar-refractivity contribution in [2.24, 2.45) is 5.92 Å². The van der Waals surface area contributed by atoms with Crippen molar-refractivity contribution >= 4 is 23.2 Å². The fraction of sp³-hybridized carbons (Fsp3) is 0.188. The van der Waals surface area contributed by atoms with Crippen molar-refractivity contribution in [3.63, 3.8) is 0 Å². The minimum absolute atomic E-state index is 0.125. The van der Waals surface area contributed by atoms with E-state index in [4.69, 9.17) is 23.2 Å². The SMILES string of the molecule is N#CC(Cc1ccccc1Cl)Cc1ccccc1Cl. The average Bonchev–Trinajstić information content (AvgIpc) is 2.42. The number of hydrogen-bond acceptors (Lipinski definition) is 1. The zero-order chi connectivity index (χ0) is 13.7. The lowest BCUT2D eigenvalue weighted by Crippen LogP contribution is -2.06. The zero-order valence-corrected chi connectivity index (χ0v) is 11.8. The molecule has 0 radical (unpaired) electrons. The van der Waals surface area contributed by atoms with Crippen molar-refractivity contribution in [2.45, 2.75) is 12.8 Å². The van der Waals surface area contributed by atoms with E-state index < -0.39 is 0 Å². The minimum Gasteiger partial charge on any atom is -0.198 e. The molecule has 19 heavy (non-hydrogen) atoms. The number of halogens is 2. The van der Waals surface area contributed by atoms with E-state index in [0.717, 1.165) is 11.1 Å². The third-order valence-electron chi connectivity index (χ3n) is 3.03. The molecule has 3 heteroatoms. The van der Waals surface area contributed by atoms with Gasteiger partial charge in [-0.25, -0.2) is 0 Å². The first-order valence-electron chi connectivity index (χ1n) is 6.07. The summed E-state index contributed by atoms with van der Waals surface area (Å²) in [5.41, 5.74) is 2.01. The van der Waals surface area contributed by atoms with Gasteiger partial charge in [-0.2, -0.15) is 5.26 Å². The number of benzene rings is 2. The first kappa shape index (κ1) is 13.9. The van der Waals surface area contributed by atoms with Crippen molar-refractivity contribution in [2.75, 3.05) is 0 Å². The standard InChI is InChI=1S/C16H13Cl2N/c17-15-7-3-1-5-13(15)9-12(11-19)10-14-6-2-4-8-16(14)18/h1-8,12H,9-10H2. The molecule has 0 saturated carbocycles. The Hall–Kier alpha value is -1.49. The summed E-state index contributed by atoms with van der Waals surface area (Å²) >= 11 is 12.2. The van der Waals surface area contributed by atoms with Crippen LogP contribution in [0, 0.1) is 17.2 Å². The van der Waals surface area contributed by atoms with Crippen LogP contribution < -0.4 is 0 Å². The molecule has 0 bridgehead atoms. The van der Waals surface area contributed by atoms with Gasteiger partial charge in [-0.1, -0.05) is 59.6 Å². The monoisotopic (exact) mass is 289 g/mol. The van der Waals surface area contributed by atoms with E-state index in [-0.39, 0.29) is 5.92 Å². The third kappa shape index (κ3) is 3.73. The Kier molecular flexibility index (Phi) is 4.85. The van der Waals surface area contributed by atoms with Gasteiger partial charge in [-0.05, 0) is 36.1 Å². The zero-order valence-electron chi connectivity index (χ0n) is 10.3. The minimum atomic E-state index is -0.125. The maximum atomic E-state index is 9.29. The van der Waals surface area contributed by atoms with Gasteiger partial charge in [0.05, 0.1) is 12.0 Å². The summed E-state index contributed by atoms with van der Waals surface area (Å²) in [5, 5.41) is 10.7. The Morgan fingerprint density at radius 3 is 1.63 bits per heavy atom. The molecule has 0 unspecified atom stereocenters. The van der Waals surface area contributed by atoms with Crippen LogP contribution in [0.1, 0.15) is 11.1 Å². The van der Waals surface area contributed by atoms with Gasteiger partial charge in [-0.15, -0.1) is 0 Å². The Balaban J connectivity index is 2.12. The van der Waals surface area contributed by atoms with Gasteiger partial charge in [0.1, 0.15) is 0 Å². The summed E-state index contributed by atoms with van der Waals surface area (Å²) in [6.07, 6.45) is 1.28. The van der Waals surface area contributed by atoms with E-state index in [0.29, 0.717) is 22.9 Å². The summed E-state index contributed by atoms with van der Waals surface area (Å²) in [6.45, 7) is 0. The quantitative estimate of drug-likeness (QED) is 0.784. The van der Waals surface area contributed by atoms with Gasteiger partial charge in [0.15, 0.2) is 0 Å². The van der Waals surface area contributed by atoms with Crippen LogP contribution in [0.5, 0.6) is 0 Å². The Morgan fingerprint density at radius 2 is 1.26 bits per heavy atom. The van der Waals surface area contributed by atoms with Gasteiger partial charge in [-0.3, -0.25) is 0 Å². The topological polar surface area (TPSA) is 23.8 Å². The fourth-order valence-electron chi connectivity index (χ4n) is 2.02. The normalized spacial score (nSPS) is 10.4. The molecule has 96 valence electrons. The van der Waals surface area contributed by atoms with Crippen LogP contribution in [0.2, 0.25) is 10.0 Å². The molecule has 0 aliphatic rings. The molecule has 0 spiro atoms. The highest BCUT2D eigenvalue weighted by molar-refractivity contribution is 6.31. The Bertz CT molecular complexity index is 554. The fourth-order valence-corrected chi connectivity index (χ4v) is 2.45. The predicted octanol–water partition coefficient (Wildman–Crippen LogP) is 4.92. The Morgan fingerprint density at radius 1 is 0.842 bits per heavy atom. The van der Waals surface area contributed by atoms with Crippen LogP contribution in [-0.4, -0.2) is 0 Å². The molecule has 1 nitrogen and oxygen atoms in total. The van der Waals surface area contributed by atoms with Crippen molar-refractivity contribution in [1.29, 1.82) is 5.26 Å². The van der Waals surface area contributed by atoms with E-state index in [1.807, 2.05) is 48.5 Å². The van der Waals surface area contributed by atoms with Gasteiger partial charge in [0.25, 0.3) is 0 Å². The number of nitrogens with zero attached hydrogens (tertiary/aromatic N) is 1. The van der Waals surface area contributed by atoms with E-state index in [1.165, 1.54) is 0 Å². The summed E-state index contributed by atoms with van der Waals surface area (Å²) in [5.74, 6) is -0.125. The first-order chi connectivity index (χ1) is 9.20. The van der Waals surface area contributed by atoms with Crippen LogP contribution in [0.4, 0.5) is 0 Å². The molecule has 0 fully saturated rings. The first-order valence-corrected chi connectivity index (χ1v) is 6.82. The number of nitriles is 1. The molecule has 0 aromatic heterocycles. The second-order valence-electron chi connectivity index (χ2n) is 4.42. The smallest absolute Gasteiger partial charge is 0.0662 e. The van der Waals surface area contributed by atoms with Gasteiger partial charge in [0.2, 0.25) is 0 Å². The van der Waals surface area contributed by atoms with Crippen molar-refractivity contribution in [1.82, 2.24) is 0 Å². The van der Waals surface area contributed by atoms with E-state index in [9.17, 15) is 5.26 Å². The molecular formula is C16H13Cl2N. The maximum absolute atomic E-state index is 9.29. The van der Waals surface area contributed by atoms with Crippen LogP contribution in [0.3, 0.4) is 0 Å². The van der Waals surface area contributed by atoms with Crippen LogP contribution in [0.15, 0.2) is 48.5 Å². The van der Waals surface area contributed by atoms with Crippen LogP contribution in [-0.2, 0) is 12.8 Å². The molecule has 0 heterocycles. The molecule has 2 aromatic carbocycles. The summed E-state index contributed by atoms with van der Waals surface area (Å²) in [6, 6.07) is 17.6. The van der Waals surface area contributed by atoms with E-state index >= 15 is 0 Å². The summed E-state index contributed by atoms with van der Waals surface area (Å²) in [7, 11) is 0. The highest BCUT2D eigenvalue weighted by Crippen LogP contribution is 2.23. The molecule has 0 atom stereocenters. The molecule has 0 saturated heterocycles. The van der Waals surface area contributed by atoms with Gasteiger partial charge in [0, 0.05) is 10.0 Å². The lowest BCUT2D eigenvalue weighted by molar-refractivity contribution is 0.658. The lowest BCUT2D eigenvalue weighted by atomic mass is 9.94. The largest absolute Gasteiger partial charge is 0.198 e. The predicted molar refractivity (Wildman–Crippen MR) is 79.4 cm³/mol. The van der Waals surface area contributed by atoms with Gasteiger partial charge < -0.3 is 0 Å². The average molecular weight is 290 g/mol. The molecule has 0 N–H and O–H groups in total. The lowest BCUT2D eigenvalue weighted by Gasteiger charge is -2.11. The van der Waals surface area contributed by atoms with Crippen LogP contribution in [0.25, 0.3) is 0 Å². The highest BCUT2D eigenvalue weighted by Gasteiger charge is 2.13. The molecule has 2 rings (SSSR count). The number of hydrogen-bond donors (Lipinski definition) is 0. The van der Waals surface area contributed by atoms with E-state index in [1.54, 1.807) is 0 Å². The molecule has 0 amide bonds. The van der Waals surface area contributed by atoms with Crippen molar-refractivity contribution in [3.8, 4) is 6.07 Å². The Labute approximate surface area is 123 Å². The highest BCUT2D eigenvalue weighted by atomic mass is 35.5. The molecule has 2 aromatic rings. The molecule has 0 aliphatic heterocycles. The van der Waals surface area contributed by atoms with Crippen molar-refractivity contribution in [3.05, 3.63) is 69.7 Å². The maximum Gasteiger partial charge on any atom is 0.0662 e. The molecule has 0 aliphatic carbocycles. The third-order valence-corrected chi connectivity index (χ3v) is 3.77. The van der Waals surface area contributed by atoms with Gasteiger partial charge >= 0.3 is 0 Å². The molecular weight excluding hydrogens is 277 g/mol. The summed E-state index contributed by atoms with van der Waals surface area (Å²) in [4.78, 5) is 0. The van der Waals surface area contributed by atoms with E-state index in [2.05, 4.69) is 6.07 Å².